The van der Waals surface area contributed by atoms with Crippen LogP contribution in [0.5, 0.6) is 0 Å². The predicted octanol–water partition coefficient (Wildman–Crippen LogP) is 3.91. The second kappa shape index (κ2) is 5.90. The number of nitrogen functional groups attached to an aromatic ring is 1. The normalized spacial score (nSPS) is 10.6. The molecule has 0 atom stereocenters. The molecule has 3 rings (SSSR count). The number of amides is 1. The lowest BCUT2D eigenvalue weighted by molar-refractivity contribution is -0.115. The molecule has 0 bridgehead atoms. The molecule has 0 saturated carbocycles. The lowest BCUT2D eigenvalue weighted by Crippen LogP contribution is -2.15. The van der Waals surface area contributed by atoms with E-state index in [1.54, 1.807) is 6.07 Å². The molecule has 0 heterocycles. The Hall–Kier alpha value is -2.81. The number of nitrogens with two attached hydrogens (primary N) is 1. The van der Waals surface area contributed by atoms with Crippen molar-refractivity contribution in [1.29, 1.82) is 0 Å². The molecule has 3 aromatic carbocycles. The standard InChI is InChI=1S/C19H18N2O/c1-13-6-9-17(20)12-18(13)21-19(22)11-14-7-8-15-4-2-3-5-16(15)10-14/h2-10,12H,11,20H2,1H3,(H,21,22). The summed E-state index contributed by atoms with van der Waals surface area (Å²) in [6.45, 7) is 1.95. The summed E-state index contributed by atoms with van der Waals surface area (Å²) in [5.74, 6) is -0.0380. The summed E-state index contributed by atoms with van der Waals surface area (Å²) < 4.78 is 0. The number of hydrogen-bond donors (Lipinski definition) is 2. The number of rotatable bonds is 3. The zero-order chi connectivity index (χ0) is 15.5. The molecule has 22 heavy (non-hydrogen) atoms. The lowest BCUT2D eigenvalue weighted by atomic mass is 10.0. The van der Waals surface area contributed by atoms with Crippen molar-refractivity contribution in [3.05, 3.63) is 71.8 Å². The van der Waals surface area contributed by atoms with Crippen molar-refractivity contribution in [3.63, 3.8) is 0 Å². The second-order valence-electron chi connectivity index (χ2n) is 5.48. The number of carbonyl (C=O) groups excluding carboxylic acids is 1. The van der Waals surface area contributed by atoms with Crippen LogP contribution in [0, 0.1) is 6.92 Å². The predicted molar refractivity (Wildman–Crippen MR) is 91.9 cm³/mol. The molecule has 0 aromatic heterocycles. The average molecular weight is 290 g/mol. The van der Waals surface area contributed by atoms with Gasteiger partial charge in [0.1, 0.15) is 0 Å². The molecule has 3 nitrogen and oxygen atoms in total. The Labute approximate surface area is 129 Å². The highest BCUT2D eigenvalue weighted by atomic mass is 16.1. The molecule has 1 amide bonds. The minimum atomic E-state index is -0.0380. The van der Waals surface area contributed by atoms with E-state index in [4.69, 9.17) is 5.73 Å². The third-order valence-electron chi connectivity index (χ3n) is 3.71. The quantitative estimate of drug-likeness (QED) is 0.718. The molecule has 0 spiro atoms. The van der Waals surface area contributed by atoms with E-state index in [-0.39, 0.29) is 5.91 Å². The molecule has 0 unspecified atom stereocenters. The topological polar surface area (TPSA) is 55.1 Å². The Morgan fingerprint density at radius 2 is 1.77 bits per heavy atom. The first-order valence-electron chi connectivity index (χ1n) is 7.25. The Bertz CT molecular complexity index is 840. The summed E-state index contributed by atoms with van der Waals surface area (Å²) in [6.07, 6.45) is 0.346. The number of anilines is 2. The van der Waals surface area contributed by atoms with Gasteiger partial charge in [0.2, 0.25) is 5.91 Å². The zero-order valence-electron chi connectivity index (χ0n) is 12.5. The van der Waals surface area contributed by atoms with Gasteiger partial charge in [-0.25, -0.2) is 0 Å². The van der Waals surface area contributed by atoms with Gasteiger partial charge in [0.15, 0.2) is 0 Å². The minimum Gasteiger partial charge on any atom is -0.399 e. The van der Waals surface area contributed by atoms with Crippen LogP contribution in [0.4, 0.5) is 11.4 Å². The van der Waals surface area contributed by atoms with Gasteiger partial charge < -0.3 is 11.1 Å². The van der Waals surface area contributed by atoms with Crippen LogP contribution in [0.3, 0.4) is 0 Å². The van der Waals surface area contributed by atoms with Gasteiger partial charge in [-0.15, -0.1) is 0 Å². The van der Waals surface area contributed by atoms with Gasteiger partial charge in [-0.3, -0.25) is 4.79 Å². The number of nitrogens with one attached hydrogen (secondary N) is 1. The first kappa shape index (κ1) is 14.1. The Morgan fingerprint density at radius 1 is 1.00 bits per heavy atom. The summed E-state index contributed by atoms with van der Waals surface area (Å²) >= 11 is 0. The number of carbonyl (C=O) groups is 1. The van der Waals surface area contributed by atoms with E-state index >= 15 is 0 Å². The summed E-state index contributed by atoms with van der Waals surface area (Å²) in [7, 11) is 0. The van der Waals surface area contributed by atoms with E-state index in [0.717, 1.165) is 22.2 Å². The van der Waals surface area contributed by atoms with Crippen LogP contribution in [-0.2, 0) is 11.2 Å². The van der Waals surface area contributed by atoms with Crippen LogP contribution in [0.1, 0.15) is 11.1 Å². The summed E-state index contributed by atoms with van der Waals surface area (Å²) in [5.41, 5.74) is 9.18. The third kappa shape index (κ3) is 3.09. The number of hydrogen-bond acceptors (Lipinski definition) is 2. The van der Waals surface area contributed by atoms with E-state index in [2.05, 4.69) is 23.5 Å². The van der Waals surface area contributed by atoms with Crippen LogP contribution < -0.4 is 11.1 Å². The van der Waals surface area contributed by atoms with Crippen LogP contribution in [-0.4, -0.2) is 5.91 Å². The molecule has 110 valence electrons. The Kier molecular flexibility index (Phi) is 3.79. The van der Waals surface area contributed by atoms with Gasteiger partial charge in [-0.05, 0) is 41.0 Å². The molecule has 0 radical (unpaired) electrons. The van der Waals surface area contributed by atoms with Crippen molar-refractivity contribution >= 4 is 28.1 Å². The molecular weight excluding hydrogens is 272 g/mol. The summed E-state index contributed by atoms with van der Waals surface area (Å²) in [5, 5.41) is 5.25. The van der Waals surface area contributed by atoms with E-state index in [0.29, 0.717) is 12.1 Å². The molecule has 0 aliphatic carbocycles. The molecule has 3 heteroatoms. The third-order valence-corrected chi connectivity index (χ3v) is 3.71. The van der Waals surface area contributed by atoms with Gasteiger partial charge in [0.25, 0.3) is 0 Å². The number of benzene rings is 3. The highest BCUT2D eigenvalue weighted by Gasteiger charge is 2.07. The van der Waals surface area contributed by atoms with Gasteiger partial charge >= 0.3 is 0 Å². The van der Waals surface area contributed by atoms with Crippen LogP contribution in [0.2, 0.25) is 0 Å². The van der Waals surface area contributed by atoms with E-state index in [9.17, 15) is 4.79 Å². The Balaban J connectivity index is 1.76. The van der Waals surface area contributed by atoms with Gasteiger partial charge in [0, 0.05) is 11.4 Å². The highest BCUT2D eigenvalue weighted by molar-refractivity contribution is 5.94. The molecule has 0 aliphatic heterocycles. The fraction of sp³-hybridized carbons (Fsp3) is 0.105. The Morgan fingerprint density at radius 3 is 2.59 bits per heavy atom. The highest BCUT2D eigenvalue weighted by Crippen LogP contribution is 2.19. The van der Waals surface area contributed by atoms with Gasteiger partial charge in [0.05, 0.1) is 6.42 Å². The van der Waals surface area contributed by atoms with Crippen molar-refractivity contribution in [1.82, 2.24) is 0 Å². The average Bonchev–Trinajstić information content (AvgIpc) is 2.51. The van der Waals surface area contributed by atoms with Crippen molar-refractivity contribution in [2.24, 2.45) is 0 Å². The van der Waals surface area contributed by atoms with Gasteiger partial charge in [-0.2, -0.15) is 0 Å². The maximum atomic E-state index is 12.2. The largest absolute Gasteiger partial charge is 0.399 e. The fourth-order valence-corrected chi connectivity index (χ4v) is 2.50. The second-order valence-corrected chi connectivity index (χ2v) is 5.48. The van der Waals surface area contributed by atoms with E-state index in [1.165, 1.54) is 5.39 Å². The molecule has 3 aromatic rings. The first-order valence-corrected chi connectivity index (χ1v) is 7.25. The number of fused-ring (bicyclic) bond motifs is 1. The smallest absolute Gasteiger partial charge is 0.228 e. The van der Waals surface area contributed by atoms with Crippen LogP contribution in [0.25, 0.3) is 10.8 Å². The van der Waals surface area contributed by atoms with Crippen LogP contribution >= 0.6 is 0 Å². The minimum absolute atomic E-state index is 0.0380. The van der Waals surface area contributed by atoms with Crippen LogP contribution in [0.15, 0.2) is 60.7 Å². The molecule has 0 fully saturated rings. The van der Waals surface area contributed by atoms with Crippen molar-refractivity contribution in [2.75, 3.05) is 11.1 Å². The van der Waals surface area contributed by atoms with Crippen molar-refractivity contribution in [2.45, 2.75) is 13.3 Å². The zero-order valence-corrected chi connectivity index (χ0v) is 12.5. The first-order chi connectivity index (χ1) is 10.6. The SMILES string of the molecule is Cc1ccc(N)cc1NC(=O)Cc1ccc2ccccc2c1. The summed E-state index contributed by atoms with van der Waals surface area (Å²) in [4.78, 5) is 12.2. The maximum absolute atomic E-state index is 12.2. The van der Waals surface area contributed by atoms with Crippen molar-refractivity contribution in [3.8, 4) is 0 Å². The lowest BCUT2D eigenvalue weighted by Gasteiger charge is -2.09. The molecular formula is C19H18N2O. The van der Waals surface area contributed by atoms with Crippen molar-refractivity contribution < 1.29 is 4.79 Å². The maximum Gasteiger partial charge on any atom is 0.228 e. The summed E-state index contributed by atoms with van der Waals surface area (Å²) in [6, 6.07) is 19.7. The number of aryl methyl sites for hydroxylation is 1. The van der Waals surface area contributed by atoms with Gasteiger partial charge in [-0.1, -0.05) is 48.5 Å². The fourth-order valence-electron chi connectivity index (χ4n) is 2.50. The van der Waals surface area contributed by atoms with E-state index < -0.39 is 0 Å². The molecule has 0 saturated heterocycles. The molecule has 0 aliphatic rings. The molecule has 3 N–H and O–H groups in total. The van der Waals surface area contributed by atoms with E-state index in [1.807, 2.05) is 43.3 Å². The monoisotopic (exact) mass is 290 g/mol.